The highest BCUT2D eigenvalue weighted by Crippen LogP contribution is 2.63. The number of hydrogen-bond donors (Lipinski definition) is 0. The Bertz CT molecular complexity index is 1580. The Labute approximate surface area is 258 Å². The van der Waals surface area contributed by atoms with Crippen LogP contribution in [0.3, 0.4) is 0 Å². The van der Waals surface area contributed by atoms with E-state index in [9.17, 15) is 9.59 Å². The maximum atomic E-state index is 12.6. The maximum Gasteiger partial charge on any atom is 0.410 e. The summed E-state index contributed by atoms with van der Waals surface area (Å²) in [7, 11) is 1.48. The molecule has 1 amide bonds. The van der Waals surface area contributed by atoms with Gasteiger partial charge in [-0.3, -0.25) is 4.79 Å². The second kappa shape index (κ2) is 10.8. The van der Waals surface area contributed by atoms with E-state index in [1.54, 1.807) is 16.2 Å². The zero-order valence-corrected chi connectivity index (χ0v) is 27.0. The summed E-state index contributed by atoms with van der Waals surface area (Å²) < 4.78 is 17.2. The fourth-order valence-electron chi connectivity index (χ4n) is 6.79. The van der Waals surface area contributed by atoms with Gasteiger partial charge in [0.2, 0.25) is 0 Å². The van der Waals surface area contributed by atoms with E-state index in [4.69, 9.17) is 19.2 Å². The van der Waals surface area contributed by atoms with Crippen LogP contribution in [-0.2, 0) is 33.8 Å². The number of fused-ring (bicyclic) bond motifs is 2. The summed E-state index contributed by atoms with van der Waals surface area (Å²) in [6, 6.07) is 10.5. The van der Waals surface area contributed by atoms with E-state index in [0.29, 0.717) is 25.6 Å². The molecule has 0 spiro atoms. The SMILES string of the molecule is COC(=O)[C@]12C[C@H]1CN(c1nc(-c3cc(C)ccc3OCc3ccc4c(c3C)CCN(C(=O)OC(C)(C)C)C4)cs1)[C@@H]2C. The van der Waals surface area contributed by atoms with Gasteiger partial charge >= 0.3 is 12.1 Å². The molecular weight excluding hydrogens is 562 g/mol. The first-order valence-electron chi connectivity index (χ1n) is 15.0. The summed E-state index contributed by atoms with van der Waals surface area (Å²) in [6.07, 6.45) is 1.42. The molecule has 0 radical (unpaired) electrons. The number of rotatable bonds is 6. The van der Waals surface area contributed by atoms with Crippen molar-refractivity contribution in [3.8, 4) is 17.0 Å². The minimum atomic E-state index is -0.510. The number of ether oxygens (including phenoxy) is 3. The van der Waals surface area contributed by atoms with E-state index in [1.165, 1.54) is 18.2 Å². The van der Waals surface area contributed by atoms with Crippen LogP contribution < -0.4 is 9.64 Å². The average molecular weight is 604 g/mol. The topological polar surface area (TPSA) is 81.2 Å². The highest BCUT2D eigenvalue weighted by atomic mass is 32.1. The summed E-state index contributed by atoms with van der Waals surface area (Å²) in [5.74, 6) is 1.02. The van der Waals surface area contributed by atoms with Gasteiger partial charge in [-0.15, -0.1) is 11.3 Å². The predicted molar refractivity (Wildman–Crippen MR) is 168 cm³/mol. The molecule has 3 heterocycles. The number of piperidine rings is 1. The Morgan fingerprint density at radius 2 is 1.95 bits per heavy atom. The van der Waals surface area contributed by atoms with E-state index in [-0.39, 0.29) is 23.5 Å². The molecule has 228 valence electrons. The molecule has 3 aliphatic rings. The summed E-state index contributed by atoms with van der Waals surface area (Å²) in [4.78, 5) is 34.2. The van der Waals surface area contributed by atoms with Crippen molar-refractivity contribution >= 4 is 28.5 Å². The first-order valence-corrected chi connectivity index (χ1v) is 15.9. The number of thiazole rings is 1. The number of nitrogens with zero attached hydrogens (tertiary/aromatic N) is 3. The lowest BCUT2D eigenvalue weighted by Gasteiger charge is -2.32. The lowest BCUT2D eigenvalue weighted by molar-refractivity contribution is -0.147. The van der Waals surface area contributed by atoms with Gasteiger partial charge in [0.25, 0.3) is 0 Å². The number of anilines is 1. The lowest BCUT2D eigenvalue weighted by Crippen LogP contribution is -2.40. The van der Waals surface area contributed by atoms with Gasteiger partial charge in [0, 0.05) is 36.6 Å². The van der Waals surface area contributed by atoms with Crippen molar-refractivity contribution in [3.63, 3.8) is 0 Å². The van der Waals surface area contributed by atoms with Crippen LogP contribution in [0, 0.1) is 25.2 Å². The zero-order valence-electron chi connectivity index (χ0n) is 26.2. The maximum absolute atomic E-state index is 12.6. The first kappa shape index (κ1) is 29.5. The minimum Gasteiger partial charge on any atom is -0.488 e. The lowest BCUT2D eigenvalue weighted by atomic mass is 9.92. The summed E-state index contributed by atoms with van der Waals surface area (Å²) in [6.45, 7) is 14.5. The molecule has 3 aromatic rings. The first-order chi connectivity index (χ1) is 20.4. The van der Waals surface area contributed by atoms with Crippen molar-refractivity contribution in [2.24, 2.45) is 11.3 Å². The van der Waals surface area contributed by atoms with Crippen LogP contribution in [0.1, 0.15) is 61.9 Å². The van der Waals surface area contributed by atoms with E-state index in [1.807, 2.05) is 26.8 Å². The van der Waals surface area contributed by atoms with Gasteiger partial charge in [0.15, 0.2) is 5.13 Å². The molecule has 0 N–H and O–H groups in total. The molecule has 2 fully saturated rings. The summed E-state index contributed by atoms with van der Waals surface area (Å²) in [5, 5.41) is 3.01. The Morgan fingerprint density at radius 3 is 2.70 bits per heavy atom. The number of aromatic nitrogens is 1. The van der Waals surface area contributed by atoms with Crippen LogP contribution in [0.5, 0.6) is 5.75 Å². The molecule has 1 aliphatic carbocycles. The standard InChI is InChI=1S/C34H41N3O5S/c1-20-8-11-29(27(14-20)28-19-43-31(35-28)37-17-25-15-34(25,22(37)3)30(38)40-7)41-18-24-10-9-23-16-36(13-12-26(23)21(24)2)32(39)42-33(4,5)6/h8-11,14,19,22,25H,12-13,15-18H2,1-7H3/t22-,25+,34+/m1/s1. The van der Waals surface area contributed by atoms with Crippen LogP contribution in [0.2, 0.25) is 0 Å². The third-order valence-electron chi connectivity index (χ3n) is 9.33. The van der Waals surface area contributed by atoms with Gasteiger partial charge in [-0.1, -0.05) is 23.8 Å². The van der Waals surface area contributed by atoms with Crippen LogP contribution in [0.25, 0.3) is 11.3 Å². The quantitative estimate of drug-likeness (QED) is 0.291. The zero-order chi connectivity index (χ0) is 30.7. The predicted octanol–water partition coefficient (Wildman–Crippen LogP) is 6.69. The van der Waals surface area contributed by atoms with Gasteiger partial charge in [-0.2, -0.15) is 0 Å². The Hall–Kier alpha value is -3.59. The number of esters is 1. The molecule has 2 aliphatic heterocycles. The summed E-state index contributed by atoms with van der Waals surface area (Å²) >= 11 is 1.61. The van der Waals surface area contributed by atoms with Crippen molar-refractivity contribution in [2.45, 2.75) is 79.2 Å². The van der Waals surface area contributed by atoms with Gasteiger partial charge in [0.05, 0.1) is 18.2 Å². The van der Waals surface area contributed by atoms with Gasteiger partial charge < -0.3 is 24.0 Å². The van der Waals surface area contributed by atoms with Crippen LogP contribution in [-0.4, -0.2) is 53.8 Å². The fraction of sp³-hybridized carbons (Fsp3) is 0.500. The smallest absolute Gasteiger partial charge is 0.410 e. The van der Waals surface area contributed by atoms with Gasteiger partial charge in [-0.05, 0) is 94.7 Å². The monoisotopic (exact) mass is 603 g/mol. The molecule has 43 heavy (non-hydrogen) atoms. The molecule has 1 saturated heterocycles. The van der Waals surface area contributed by atoms with Crippen molar-refractivity contribution in [1.82, 2.24) is 9.88 Å². The molecule has 8 nitrogen and oxygen atoms in total. The molecule has 6 rings (SSSR count). The molecule has 1 saturated carbocycles. The second-order valence-corrected chi connectivity index (χ2v) is 14.0. The van der Waals surface area contributed by atoms with Crippen molar-refractivity contribution < 1.29 is 23.8 Å². The third-order valence-corrected chi connectivity index (χ3v) is 10.2. The molecule has 2 aromatic carbocycles. The van der Waals surface area contributed by atoms with E-state index in [0.717, 1.165) is 58.2 Å². The average Bonchev–Trinajstić information content (AvgIpc) is 3.35. The molecule has 3 atom stereocenters. The number of amides is 1. The number of methoxy groups -OCH3 is 1. The fourth-order valence-corrected chi connectivity index (χ4v) is 7.70. The van der Waals surface area contributed by atoms with Crippen LogP contribution in [0.15, 0.2) is 35.7 Å². The highest BCUT2D eigenvalue weighted by Gasteiger charge is 2.70. The Balaban J connectivity index is 1.17. The van der Waals surface area contributed by atoms with Gasteiger partial charge in [0.1, 0.15) is 18.0 Å². The van der Waals surface area contributed by atoms with E-state index in [2.05, 4.69) is 55.3 Å². The molecule has 9 heteroatoms. The normalized spacial score (nSPS) is 22.6. The number of benzene rings is 2. The van der Waals surface area contributed by atoms with Crippen LogP contribution in [0.4, 0.5) is 9.93 Å². The summed E-state index contributed by atoms with van der Waals surface area (Å²) in [5.41, 5.74) is 6.87. The highest BCUT2D eigenvalue weighted by molar-refractivity contribution is 7.14. The van der Waals surface area contributed by atoms with Gasteiger partial charge in [-0.25, -0.2) is 9.78 Å². The number of aryl methyl sites for hydroxylation is 1. The van der Waals surface area contributed by atoms with E-state index < -0.39 is 5.60 Å². The Kier molecular flexibility index (Phi) is 7.43. The van der Waals surface area contributed by atoms with Crippen molar-refractivity contribution in [3.05, 3.63) is 63.5 Å². The molecule has 0 bridgehead atoms. The largest absolute Gasteiger partial charge is 0.488 e. The number of hydrogen-bond acceptors (Lipinski definition) is 8. The van der Waals surface area contributed by atoms with E-state index >= 15 is 0 Å². The second-order valence-electron chi connectivity index (χ2n) is 13.2. The number of carbonyl (C=O) groups is 2. The minimum absolute atomic E-state index is 0.0559. The third kappa shape index (κ3) is 5.37. The Morgan fingerprint density at radius 1 is 1.16 bits per heavy atom. The number of carbonyl (C=O) groups excluding carboxylic acids is 2. The molecule has 0 unspecified atom stereocenters. The molecular formula is C34H41N3O5S. The van der Waals surface area contributed by atoms with Crippen molar-refractivity contribution in [2.75, 3.05) is 25.1 Å². The molecule has 1 aromatic heterocycles. The van der Waals surface area contributed by atoms with Crippen LogP contribution >= 0.6 is 11.3 Å². The van der Waals surface area contributed by atoms with Crippen molar-refractivity contribution in [1.29, 1.82) is 0 Å².